The van der Waals surface area contributed by atoms with E-state index < -0.39 is 17.6 Å². The fraction of sp³-hybridized carbons (Fsp3) is 0.409. The van der Waals surface area contributed by atoms with Gasteiger partial charge in [0, 0.05) is 36.6 Å². The van der Waals surface area contributed by atoms with Crippen molar-refractivity contribution in [2.75, 3.05) is 19.6 Å². The van der Waals surface area contributed by atoms with Crippen LogP contribution in [0.3, 0.4) is 0 Å². The van der Waals surface area contributed by atoms with Gasteiger partial charge in [-0.2, -0.15) is 0 Å². The van der Waals surface area contributed by atoms with Crippen molar-refractivity contribution >= 4 is 17.4 Å². The zero-order valence-corrected chi connectivity index (χ0v) is 16.0. The number of rotatable bonds is 7. The second-order valence-corrected chi connectivity index (χ2v) is 7.79. The molecule has 2 aromatic rings. The highest BCUT2D eigenvalue weighted by Crippen LogP contribution is 2.27. The van der Waals surface area contributed by atoms with Gasteiger partial charge in [0.15, 0.2) is 12.0 Å². The molecule has 1 fully saturated rings. The lowest BCUT2D eigenvalue weighted by Crippen LogP contribution is -2.46. The van der Waals surface area contributed by atoms with E-state index in [2.05, 4.69) is 4.90 Å². The van der Waals surface area contributed by atoms with E-state index in [4.69, 9.17) is 11.6 Å². The molecule has 3 nitrogen and oxygen atoms in total. The van der Waals surface area contributed by atoms with Crippen LogP contribution in [-0.2, 0) is 6.42 Å². The highest BCUT2D eigenvalue weighted by molar-refractivity contribution is 6.30. The minimum Gasteiger partial charge on any atom is -0.389 e. The molecule has 1 N–H and O–H groups in total. The number of ketones is 1. The quantitative estimate of drug-likeness (QED) is 0.717. The van der Waals surface area contributed by atoms with Crippen LogP contribution in [0.4, 0.5) is 4.39 Å². The highest BCUT2D eigenvalue weighted by atomic mass is 35.5. The molecule has 1 aliphatic heterocycles. The van der Waals surface area contributed by atoms with Crippen molar-refractivity contribution in [3.63, 3.8) is 0 Å². The van der Waals surface area contributed by atoms with Crippen molar-refractivity contribution in [3.05, 3.63) is 70.7 Å². The van der Waals surface area contributed by atoms with Crippen LogP contribution in [0.2, 0.25) is 5.02 Å². The summed E-state index contributed by atoms with van der Waals surface area (Å²) < 4.78 is 14.3. The SMILES string of the molecule is O=C(c1ccccc1)C(F)CCN1CCC(O)(Cc2ccc(Cl)cc2)CC1. The van der Waals surface area contributed by atoms with Crippen LogP contribution < -0.4 is 0 Å². The number of piperidine rings is 1. The third-order valence-electron chi connectivity index (χ3n) is 5.27. The molecule has 0 aliphatic carbocycles. The summed E-state index contributed by atoms with van der Waals surface area (Å²) in [5.41, 5.74) is 0.743. The topological polar surface area (TPSA) is 40.5 Å². The molecular formula is C22H25ClFNO2. The molecular weight excluding hydrogens is 365 g/mol. The molecule has 0 saturated carbocycles. The molecule has 3 rings (SSSR count). The van der Waals surface area contributed by atoms with Gasteiger partial charge in [-0.3, -0.25) is 4.79 Å². The third-order valence-corrected chi connectivity index (χ3v) is 5.53. The first-order chi connectivity index (χ1) is 13.0. The summed E-state index contributed by atoms with van der Waals surface area (Å²) in [4.78, 5) is 14.2. The molecule has 0 bridgehead atoms. The normalized spacial score (nSPS) is 18.2. The van der Waals surface area contributed by atoms with Gasteiger partial charge in [-0.15, -0.1) is 0 Å². The summed E-state index contributed by atoms with van der Waals surface area (Å²) in [6.07, 6.45) is 0.570. The van der Waals surface area contributed by atoms with E-state index in [0.717, 1.165) is 5.56 Å². The summed E-state index contributed by atoms with van der Waals surface area (Å²) >= 11 is 5.91. The number of carbonyl (C=O) groups is 1. The maximum atomic E-state index is 14.3. The van der Waals surface area contributed by atoms with Gasteiger partial charge in [0.25, 0.3) is 0 Å². The number of Topliss-reactive ketones (excluding diaryl/α,β-unsaturated/α-hetero) is 1. The Morgan fingerprint density at radius 1 is 1.11 bits per heavy atom. The van der Waals surface area contributed by atoms with Crippen LogP contribution >= 0.6 is 11.6 Å². The van der Waals surface area contributed by atoms with Gasteiger partial charge in [0.1, 0.15) is 0 Å². The van der Waals surface area contributed by atoms with Crippen LogP contribution in [0.15, 0.2) is 54.6 Å². The van der Waals surface area contributed by atoms with Crippen molar-refractivity contribution < 1.29 is 14.3 Å². The Labute approximate surface area is 164 Å². The molecule has 1 saturated heterocycles. The van der Waals surface area contributed by atoms with Gasteiger partial charge in [-0.25, -0.2) is 4.39 Å². The van der Waals surface area contributed by atoms with Gasteiger partial charge in [0.05, 0.1) is 5.60 Å². The van der Waals surface area contributed by atoms with Crippen molar-refractivity contribution in [2.24, 2.45) is 0 Å². The van der Waals surface area contributed by atoms with E-state index in [1.54, 1.807) is 24.3 Å². The first-order valence-electron chi connectivity index (χ1n) is 9.38. The largest absolute Gasteiger partial charge is 0.389 e. The molecule has 0 amide bonds. The van der Waals surface area contributed by atoms with Crippen LogP contribution in [-0.4, -0.2) is 47.2 Å². The molecule has 1 unspecified atom stereocenters. The molecule has 144 valence electrons. The fourth-order valence-electron chi connectivity index (χ4n) is 3.56. The standard InChI is InChI=1S/C22H25ClFNO2/c23-19-8-6-17(7-9-19)16-22(27)11-14-25(15-12-22)13-10-20(24)21(26)18-4-2-1-3-5-18/h1-9,20,27H,10-16H2. The zero-order chi connectivity index (χ0) is 19.3. The Morgan fingerprint density at radius 3 is 2.37 bits per heavy atom. The van der Waals surface area contributed by atoms with E-state index in [9.17, 15) is 14.3 Å². The van der Waals surface area contributed by atoms with E-state index in [0.29, 0.717) is 49.5 Å². The molecule has 1 heterocycles. The number of hydrogen-bond acceptors (Lipinski definition) is 3. The molecule has 0 radical (unpaired) electrons. The minimum absolute atomic E-state index is 0.184. The Bertz CT molecular complexity index is 743. The monoisotopic (exact) mass is 389 g/mol. The van der Waals surface area contributed by atoms with Crippen LogP contribution in [0.1, 0.15) is 35.2 Å². The maximum Gasteiger partial charge on any atom is 0.196 e. The molecule has 1 atom stereocenters. The highest BCUT2D eigenvalue weighted by Gasteiger charge is 2.32. The van der Waals surface area contributed by atoms with Crippen molar-refractivity contribution in [2.45, 2.75) is 37.5 Å². The second kappa shape index (κ2) is 8.96. The van der Waals surface area contributed by atoms with Crippen LogP contribution in [0.5, 0.6) is 0 Å². The number of nitrogens with zero attached hydrogens (tertiary/aromatic N) is 1. The van der Waals surface area contributed by atoms with Gasteiger partial charge in [0.2, 0.25) is 0 Å². The number of likely N-dealkylation sites (tertiary alicyclic amines) is 1. The number of carbonyl (C=O) groups excluding carboxylic acids is 1. The smallest absolute Gasteiger partial charge is 0.196 e. The second-order valence-electron chi connectivity index (χ2n) is 7.36. The van der Waals surface area contributed by atoms with E-state index in [1.807, 2.05) is 30.3 Å². The van der Waals surface area contributed by atoms with Crippen molar-refractivity contribution in [3.8, 4) is 0 Å². The Morgan fingerprint density at radius 2 is 1.74 bits per heavy atom. The van der Waals surface area contributed by atoms with Crippen molar-refractivity contribution in [1.82, 2.24) is 4.90 Å². The molecule has 27 heavy (non-hydrogen) atoms. The third kappa shape index (κ3) is 5.61. The lowest BCUT2D eigenvalue weighted by atomic mass is 9.85. The number of benzene rings is 2. The van der Waals surface area contributed by atoms with Gasteiger partial charge in [-0.05, 0) is 37.0 Å². The van der Waals surface area contributed by atoms with E-state index >= 15 is 0 Å². The summed E-state index contributed by atoms with van der Waals surface area (Å²) in [6.45, 7) is 1.93. The van der Waals surface area contributed by atoms with Crippen LogP contribution in [0.25, 0.3) is 0 Å². The van der Waals surface area contributed by atoms with Crippen LogP contribution in [0, 0.1) is 0 Å². The Balaban J connectivity index is 1.45. The Hall–Kier alpha value is -1.75. The number of aliphatic hydroxyl groups is 1. The zero-order valence-electron chi connectivity index (χ0n) is 15.3. The Kier molecular flexibility index (Phi) is 6.64. The van der Waals surface area contributed by atoms with Crippen molar-refractivity contribution in [1.29, 1.82) is 0 Å². The average molecular weight is 390 g/mol. The summed E-state index contributed by atoms with van der Waals surface area (Å²) in [5, 5.41) is 11.5. The first-order valence-corrected chi connectivity index (χ1v) is 9.75. The lowest BCUT2D eigenvalue weighted by Gasteiger charge is -2.38. The minimum atomic E-state index is -1.48. The first kappa shape index (κ1) is 20.0. The molecule has 0 spiro atoms. The number of halogens is 2. The summed E-state index contributed by atoms with van der Waals surface area (Å²) in [7, 11) is 0. The van der Waals surface area contributed by atoms with Gasteiger partial charge >= 0.3 is 0 Å². The van der Waals surface area contributed by atoms with Gasteiger partial charge in [-0.1, -0.05) is 54.1 Å². The molecule has 2 aromatic carbocycles. The molecule has 5 heteroatoms. The number of hydrogen-bond donors (Lipinski definition) is 1. The summed E-state index contributed by atoms with van der Waals surface area (Å²) in [5.74, 6) is -0.452. The molecule has 0 aromatic heterocycles. The predicted octanol–water partition coefficient (Wildman–Crippen LogP) is 4.32. The lowest BCUT2D eigenvalue weighted by molar-refractivity contribution is -0.0216. The maximum absolute atomic E-state index is 14.3. The average Bonchev–Trinajstić information content (AvgIpc) is 2.69. The van der Waals surface area contributed by atoms with Gasteiger partial charge < -0.3 is 10.0 Å². The van der Waals surface area contributed by atoms with E-state index in [1.165, 1.54) is 0 Å². The summed E-state index contributed by atoms with van der Waals surface area (Å²) in [6, 6.07) is 16.1. The predicted molar refractivity (Wildman–Crippen MR) is 106 cm³/mol. The number of alkyl halides is 1. The van der Waals surface area contributed by atoms with E-state index in [-0.39, 0.29) is 6.42 Å². The fourth-order valence-corrected chi connectivity index (χ4v) is 3.69. The molecule has 1 aliphatic rings.